The van der Waals surface area contributed by atoms with Gasteiger partial charge in [0.1, 0.15) is 0 Å². The van der Waals surface area contributed by atoms with Crippen LogP contribution in [0.4, 0.5) is 4.79 Å². The van der Waals surface area contributed by atoms with Crippen LogP contribution in [0.3, 0.4) is 0 Å². The number of rotatable bonds is 1. The minimum atomic E-state index is -0.151. The second-order valence-corrected chi connectivity index (χ2v) is 3.64. The van der Waals surface area contributed by atoms with Gasteiger partial charge in [0.15, 0.2) is 0 Å². The number of carbonyl (C=O) groups excluding carboxylic acids is 1. The van der Waals surface area contributed by atoms with Crippen LogP contribution in [0.15, 0.2) is 12.2 Å². The Labute approximate surface area is 78.4 Å². The van der Waals surface area contributed by atoms with E-state index in [1.165, 1.54) is 6.42 Å². The molecule has 0 aromatic carbocycles. The summed E-state index contributed by atoms with van der Waals surface area (Å²) in [4.78, 5) is 13.3. The van der Waals surface area contributed by atoms with Crippen LogP contribution in [0.25, 0.3) is 0 Å². The fourth-order valence-corrected chi connectivity index (χ4v) is 2.08. The zero-order chi connectivity index (χ0) is 9.26. The SMILES string of the molecule is CCOC(=O)N1C[C@H]2C=C[C@H]1CC2. The molecule has 0 aromatic heterocycles. The molecule has 0 N–H and O–H groups in total. The summed E-state index contributed by atoms with van der Waals surface area (Å²) >= 11 is 0. The number of piperidine rings is 1. The number of amides is 1. The summed E-state index contributed by atoms with van der Waals surface area (Å²) < 4.78 is 4.99. The predicted octanol–water partition coefficient (Wildman–Crippen LogP) is 1.79. The molecule has 0 radical (unpaired) electrons. The summed E-state index contributed by atoms with van der Waals surface area (Å²) in [7, 11) is 0. The largest absolute Gasteiger partial charge is 0.450 e. The average Bonchev–Trinajstić information content (AvgIpc) is 2.20. The molecule has 3 aliphatic rings. The Morgan fingerprint density at radius 1 is 1.54 bits per heavy atom. The molecule has 2 atom stereocenters. The number of fused-ring (bicyclic) bond motifs is 2. The van der Waals surface area contributed by atoms with Gasteiger partial charge in [0.05, 0.1) is 12.6 Å². The minimum absolute atomic E-state index is 0.151. The number of hydrogen-bond donors (Lipinski definition) is 0. The van der Waals surface area contributed by atoms with E-state index in [1.54, 1.807) is 0 Å². The van der Waals surface area contributed by atoms with E-state index in [4.69, 9.17) is 4.74 Å². The molecule has 2 aliphatic heterocycles. The van der Waals surface area contributed by atoms with Gasteiger partial charge in [-0.15, -0.1) is 0 Å². The van der Waals surface area contributed by atoms with Crippen molar-refractivity contribution in [3.05, 3.63) is 12.2 Å². The van der Waals surface area contributed by atoms with E-state index in [9.17, 15) is 4.79 Å². The van der Waals surface area contributed by atoms with E-state index in [-0.39, 0.29) is 6.09 Å². The molecule has 0 saturated carbocycles. The van der Waals surface area contributed by atoms with E-state index in [0.717, 1.165) is 13.0 Å². The fraction of sp³-hybridized carbons (Fsp3) is 0.700. The summed E-state index contributed by atoms with van der Waals surface area (Å²) in [6.45, 7) is 3.16. The van der Waals surface area contributed by atoms with E-state index < -0.39 is 0 Å². The van der Waals surface area contributed by atoms with Crippen LogP contribution in [-0.2, 0) is 4.74 Å². The molecule has 72 valence electrons. The van der Waals surface area contributed by atoms with Crippen molar-refractivity contribution in [3.8, 4) is 0 Å². The quantitative estimate of drug-likeness (QED) is 0.577. The lowest BCUT2D eigenvalue weighted by Gasteiger charge is -2.40. The Hall–Kier alpha value is -0.990. The van der Waals surface area contributed by atoms with Crippen molar-refractivity contribution in [1.82, 2.24) is 4.90 Å². The first kappa shape index (κ1) is 8.60. The normalized spacial score (nSPS) is 30.7. The molecular formula is C10H15NO2. The lowest BCUT2D eigenvalue weighted by Crippen LogP contribution is -2.48. The third-order valence-corrected chi connectivity index (χ3v) is 2.77. The molecule has 0 aromatic rings. The molecule has 3 rings (SSSR count). The smallest absolute Gasteiger partial charge is 0.410 e. The van der Waals surface area contributed by atoms with E-state index in [1.807, 2.05) is 11.8 Å². The van der Waals surface area contributed by atoms with Crippen molar-refractivity contribution in [2.75, 3.05) is 13.2 Å². The maximum atomic E-state index is 11.5. The fourth-order valence-electron chi connectivity index (χ4n) is 2.08. The Kier molecular flexibility index (Phi) is 2.25. The zero-order valence-electron chi connectivity index (χ0n) is 7.90. The van der Waals surface area contributed by atoms with Gasteiger partial charge in [-0.2, -0.15) is 0 Å². The molecular weight excluding hydrogens is 166 g/mol. The second kappa shape index (κ2) is 3.40. The highest BCUT2D eigenvalue weighted by atomic mass is 16.6. The van der Waals surface area contributed by atoms with Gasteiger partial charge < -0.3 is 9.64 Å². The monoisotopic (exact) mass is 181 g/mol. The van der Waals surface area contributed by atoms with Crippen LogP contribution in [0.1, 0.15) is 19.8 Å². The Bertz CT molecular complexity index is 237. The highest BCUT2D eigenvalue weighted by Gasteiger charge is 2.33. The molecule has 3 heteroatoms. The molecule has 1 saturated heterocycles. The van der Waals surface area contributed by atoms with Crippen LogP contribution in [0.5, 0.6) is 0 Å². The standard InChI is InChI=1S/C10H15NO2/c1-2-13-10(12)11-7-8-3-5-9(11)6-4-8/h3,5,8-9H,2,4,6-7H2,1H3/t8-,9-/m0/s1. The van der Waals surface area contributed by atoms with Gasteiger partial charge in [0, 0.05) is 6.54 Å². The first-order valence-electron chi connectivity index (χ1n) is 4.93. The van der Waals surface area contributed by atoms with Gasteiger partial charge in [-0.25, -0.2) is 4.79 Å². The topological polar surface area (TPSA) is 29.5 Å². The third-order valence-electron chi connectivity index (χ3n) is 2.77. The second-order valence-electron chi connectivity index (χ2n) is 3.64. The summed E-state index contributed by atoms with van der Waals surface area (Å²) in [6, 6.07) is 0.295. The molecule has 2 bridgehead atoms. The Balaban J connectivity index is 2.02. The highest BCUT2D eigenvalue weighted by molar-refractivity contribution is 5.68. The average molecular weight is 181 g/mol. The number of ether oxygens (including phenoxy) is 1. The van der Waals surface area contributed by atoms with Crippen molar-refractivity contribution in [2.45, 2.75) is 25.8 Å². The Morgan fingerprint density at radius 2 is 2.38 bits per heavy atom. The maximum Gasteiger partial charge on any atom is 0.410 e. The van der Waals surface area contributed by atoms with Crippen molar-refractivity contribution in [2.24, 2.45) is 5.92 Å². The van der Waals surface area contributed by atoms with E-state index in [2.05, 4.69) is 12.2 Å². The molecule has 0 spiro atoms. The molecule has 0 unspecified atom stereocenters. The summed E-state index contributed by atoms with van der Waals surface area (Å²) in [5.41, 5.74) is 0. The lowest BCUT2D eigenvalue weighted by atomic mass is 9.86. The van der Waals surface area contributed by atoms with Gasteiger partial charge in [0.2, 0.25) is 0 Å². The summed E-state index contributed by atoms with van der Waals surface area (Å²) in [6.07, 6.45) is 6.52. The van der Waals surface area contributed by atoms with Crippen LogP contribution in [-0.4, -0.2) is 30.2 Å². The number of nitrogens with zero attached hydrogens (tertiary/aromatic N) is 1. The zero-order valence-corrected chi connectivity index (χ0v) is 7.90. The number of hydrogen-bond acceptors (Lipinski definition) is 2. The van der Waals surface area contributed by atoms with Gasteiger partial charge in [-0.05, 0) is 25.7 Å². The van der Waals surface area contributed by atoms with Gasteiger partial charge in [-0.3, -0.25) is 0 Å². The van der Waals surface area contributed by atoms with E-state index >= 15 is 0 Å². The first-order valence-corrected chi connectivity index (χ1v) is 4.93. The van der Waals surface area contributed by atoms with Gasteiger partial charge >= 0.3 is 6.09 Å². The van der Waals surface area contributed by atoms with Gasteiger partial charge in [-0.1, -0.05) is 12.2 Å². The molecule has 13 heavy (non-hydrogen) atoms. The minimum Gasteiger partial charge on any atom is -0.450 e. The molecule has 1 aliphatic carbocycles. The lowest BCUT2D eigenvalue weighted by molar-refractivity contribution is 0.0740. The van der Waals surface area contributed by atoms with Crippen molar-refractivity contribution in [1.29, 1.82) is 0 Å². The third kappa shape index (κ3) is 1.55. The maximum absolute atomic E-state index is 11.5. The Morgan fingerprint density at radius 3 is 2.85 bits per heavy atom. The van der Waals surface area contributed by atoms with Crippen molar-refractivity contribution >= 4 is 6.09 Å². The number of carbonyl (C=O) groups is 1. The van der Waals surface area contributed by atoms with E-state index in [0.29, 0.717) is 18.6 Å². The van der Waals surface area contributed by atoms with Crippen molar-refractivity contribution in [3.63, 3.8) is 0 Å². The van der Waals surface area contributed by atoms with Crippen LogP contribution in [0, 0.1) is 5.92 Å². The summed E-state index contributed by atoms with van der Waals surface area (Å²) in [5.74, 6) is 0.564. The molecule has 1 fully saturated rings. The summed E-state index contributed by atoms with van der Waals surface area (Å²) in [5, 5.41) is 0. The van der Waals surface area contributed by atoms with Crippen LogP contribution < -0.4 is 0 Å². The molecule has 2 heterocycles. The highest BCUT2D eigenvalue weighted by Crippen LogP contribution is 2.29. The van der Waals surface area contributed by atoms with Crippen molar-refractivity contribution < 1.29 is 9.53 Å². The first-order chi connectivity index (χ1) is 6.31. The van der Waals surface area contributed by atoms with Gasteiger partial charge in [0.25, 0.3) is 0 Å². The molecule has 3 nitrogen and oxygen atoms in total. The predicted molar refractivity (Wildman–Crippen MR) is 49.4 cm³/mol. The van der Waals surface area contributed by atoms with Crippen LogP contribution in [0.2, 0.25) is 0 Å². The molecule has 1 amide bonds. The van der Waals surface area contributed by atoms with Crippen LogP contribution >= 0.6 is 0 Å².